The molecule has 0 spiro atoms. The van der Waals surface area contributed by atoms with Gasteiger partial charge in [-0.2, -0.15) is 0 Å². The van der Waals surface area contributed by atoms with Crippen LogP contribution in [0.25, 0.3) is 93.8 Å². The number of para-hydroxylation sites is 4. The molecule has 10 rings (SSSR count). The van der Waals surface area contributed by atoms with Gasteiger partial charge in [0.05, 0.1) is 17.9 Å². The Hall–Kier alpha value is -6.45. The molecule has 10 aromatic rings. The minimum atomic E-state index is -0.430. The van der Waals surface area contributed by atoms with Crippen LogP contribution in [0.15, 0.2) is 174 Å². The Kier molecular flexibility index (Phi) is 4.86. The van der Waals surface area contributed by atoms with Crippen LogP contribution in [0, 0.1) is 0 Å². The molecule has 0 saturated carbocycles. The van der Waals surface area contributed by atoms with E-state index in [0.717, 1.165) is 71.3 Å². The van der Waals surface area contributed by atoms with E-state index in [0.29, 0.717) is 16.9 Å². The summed E-state index contributed by atoms with van der Waals surface area (Å²) < 4.78 is 50.3. The number of nitrogens with zero attached hydrogens (tertiary/aromatic N) is 2. The molecule has 2 heterocycles. The summed E-state index contributed by atoms with van der Waals surface area (Å²) in [7, 11) is 0. The van der Waals surface area contributed by atoms with Crippen molar-refractivity contribution in [2.45, 2.75) is 0 Å². The van der Waals surface area contributed by atoms with Crippen LogP contribution in [0.3, 0.4) is 0 Å². The lowest BCUT2D eigenvalue weighted by Gasteiger charge is -2.18. The fourth-order valence-corrected chi connectivity index (χ4v) is 7.22. The van der Waals surface area contributed by atoms with Gasteiger partial charge in [0, 0.05) is 22.0 Å². The minimum absolute atomic E-state index is 0.0676. The number of rotatable bonds is 4. The van der Waals surface area contributed by atoms with Crippen molar-refractivity contribution in [3.05, 3.63) is 170 Å². The lowest BCUT2D eigenvalue weighted by molar-refractivity contribution is 0.669. The molecule has 0 amide bonds. The Balaban J connectivity index is 1.17. The second-order valence-corrected chi connectivity index (χ2v) is 12.0. The van der Waals surface area contributed by atoms with Crippen molar-refractivity contribution in [2.24, 2.45) is 0 Å². The minimum Gasteiger partial charge on any atom is -0.456 e. The zero-order chi connectivity index (χ0) is 36.0. The molecule has 3 heteroatoms. The van der Waals surface area contributed by atoms with Crippen LogP contribution in [0.2, 0.25) is 0 Å². The van der Waals surface area contributed by atoms with E-state index in [1.165, 1.54) is 0 Å². The van der Waals surface area contributed by atoms with E-state index >= 15 is 0 Å². The molecule has 0 aliphatic rings. The van der Waals surface area contributed by atoms with Crippen LogP contribution < -0.4 is 0 Å². The average molecular weight is 618 g/mol. The summed E-state index contributed by atoms with van der Waals surface area (Å²) in [6.07, 6.45) is 0. The summed E-state index contributed by atoms with van der Waals surface area (Å²) in [6.45, 7) is 0. The fourth-order valence-electron chi connectivity index (χ4n) is 7.22. The van der Waals surface area contributed by atoms with E-state index in [-0.39, 0.29) is 29.9 Å². The number of fused-ring (bicyclic) bond motifs is 6. The fraction of sp³-hybridized carbons (Fsp3) is 0. The largest absolute Gasteiger partial charge is 0.456 e. The van der Waals surface area contributed by atoms with Gasteiger partial charge in [-0.15, -0.1) is 0 Å². The number of hydrogen-bond donors (Lipinski definition) is 0. The van der Waals surface area contributed by atoms with Gasteiger partial charge in [0.1, 0.15) is 17.0 Å². The molecule has 0 unspecified atom stereocenters. The first kappa shape index (κ1) is 22.1. The molecular formula is C45H28N2O. The maximum absolute atomic E-state index is 8.77. The second-order valence-electron chi connectivity index (χ2n) is 12.0. The molecule has 8 aromatic carbocycles. The summed E-state index contributed by atoms with van der Waals surface area (Å²) in [6, 6.07) is 45.5. The molecule has 0 bridgehead atoms. The van der Waals surface area contributed by atoms with Crippen molar-refractivity contribution in [3.8, 4) is 39.3 Å². The van der Waals surface area contributed by atoms with Gasteiger partial charge in [-0.3, -0.25) is 4.57 Å². The summed E-state index contributed by atoms with van der Waals surface area (Å²) in [4.78, 5) is 4.93. The molecule has 224 valence electrons. The lowest BCUT2D eigenvalue weighted by atomic mass is 9.85. The summed E-state index contributed by atoms with van der Waals surface area (Å²) >= 11 is 0. The van der Waals surface area contributed by atoms with Gasteiger partial charge in [-0.1, -0.05) is 127 Å². The van der Waals surface area contributed by atoms with E-state index in [1.54, 1.807) is 4.57 Å². The predicted octanol–water partition coefficient (Wildman–Crippen LogP) is 12.2. The average Bonchev–Trinajstić information content (AvgIpc) is 3.77. The Bertz CT molecular complexity index is 3040. The highest BCUT2D eigenvalue weighted by molar-refractivity contribution is 6.22. The summed E-state index contributed by atoms with van der Waals surface area (Å²) in [5.41, 5.74) is 8.28. The number of furan rings is 1. The van der Waals surface area contributed by atoms with E-state index in [9.17, 15) is 0 Å². The maximum Gasteiger partial charge on any atom is 0.145 e. The first-order valence-corrected chi connectivity index (χ1v) is 15.9. The van der Waals surface area contributed by atoms with E-state index in [1.807, 2.05) is 54.6 Å². The van der Waals surface area contributed by atoms with Crippen LogP contribution >= 0.6 is 0 Å². The Morgan fingerprint density at radius 3 is 1.73 bits per heavy atom. The number of imidazole rings is 1. The highest BCUT2D eigenvalue weighted by atomic mass is 16.3. The topological polar surface area (TPSA) is 31.0 Å². The van der Waals surface area contributed by atoms with Gasteiger partial charge in [0.2, 0.25) is 0 Å². The third-order valence-corrected chi connectivity index (χ3v) is 9.30. The molecule has 0 saturated heterocycles. The Labute approximate surface area is 284 Å². The SMILES string of the molecule is [2H]c1c([2H])c([2H])c(-n2c(-c3ccc(-c4c5ccccc5c(-c5ccc6oc7ccccc7c6c5)c5ccccc45)cc3)nc3ccccc32)c([2H])c1[2H]. The van der Waals surface area contributed by atoms with Crippen molar-refractivity contribution >= 4 is 54.5 Å². The molecule has 48 heavy (non-hydrogen) atoms. The molecule has 0 aliphatic heterocycles. The van der Waals surface area contributed by atoms with Crippen molar-refractivity contribution in [1.29, 1.82) is 0 Å². The normalized spacial score (nSPS) is 13.2. The number of aromatic nitrogens is 2. The lowest BCUT2D eigenvalue weighted by Crippen LogP contribution is -1.97. The van der Waals surface area contributed by atoms with Gasteiger partial charge in [-0.25, -0.2) is 4.98 Å². The van der Waals surface area contributed by atoms with Crippen LogP contribution in [-0.2, 0) is 0 Å². The van der Waals surface area contributed by atoms with Gasteiger partial charge < -0.3 is 4.42 Å². The highest BCUT2D eigenvalue weighted by Crippen LogP contribution is 2.45. The Morgan fingerprint density at radius 1 is 0.479 bits per heavy atom. The zero-order valence-electron chi connectivity index (χ0n) is 30.6. The highest BCUT2D eigenvalue weighted by Gasteiger charge is 2.19. The van der Waals surface area contributed by atoms with Crippen LogP contribution in [0.4, 0.5) is 0 Å². The van der Waals surface area contributed by atoms with Gasteiger partial charge in [0.25, 0.3) is 0 Å². The van der Waals surface area contributed by atoms with E-state index in [4.69, 9.17) is 16.3 Å². The Morgan fingerprint density at radius 2 is 1.02 bits per heavy atom. The summed E-state index contributed by atoms with van der Waals surface area (Å²) in [5.74, 6) is 0.489. The molecular weight excluding hydrogens is 585 g/mol. The van der Waals surface area contributed by atoms with Crippen molar-refractivity contribution in [3.63, 3.8) is 0 Å². The quantitative estimate of drug-likeness (QED) is 0.184. The van der Waals surface area contributed by atoms with Gasteiger partial charge in [0.15, 0.2) is 0 Å². The zero-order valence-corrected chi connectivity index (χ0v) is 25.6. The number of hydrogen-bond acceptors (Lipinski definition) is 2. The molecule has 3 nitrogen and oxygen atoms in total. The van der Waals surface area contributed by atoms with Crippen LogP contribution in [0.1, 0.15) is 6.85 Å². The van der Waals surface area contributed by atoms with Crippen molar-refractivity contribution in [1.82, 2.24) is 9.55 Å². The first-order valence-electron chi connectivity index (χ1n) is 18.4. The molecule has 0 fully saturated rings. The molecule has 0 aliphatic carbocycles. The third-order valence-electron chi connectivity index (χ3n) is 9.30. The maximum atomic E-state index is 8.77. The van der Waals surface area contributed by atoms with Crippen LogP contribution in [-0.4, -0.2) is 9.55 Å². The van der Waals surface area contributed by atoms with Crippen molar-refractivity contribution in [2.75, 3.05) is 0 Å². The smallest absolute Gasteiger partial charge is 0.145 e. The van der Waals surface area contributed by atoms with Crippen LogP contribution in [0.5, 0.6) is 0 Å². The third kappa shape index (κ3) is 4.04. The summed E-state index contributed by atoms with van der Waals surface area (Å²) in [5, 5.41) is 6.70. The molecule has 0 N–H and O–H groups in total. The van der Waals surface area contributed by atoms with E-state index < -0.39 is 6.04 Å². The van der Waals surface area contributed by atoms with Gasteiger partial charge >= 0.3 is 0 Å². The molecule has 2 aromatic heterocycles. The standard InChI is InChI=1S/C45H28N2O/c1-2-12-32(13-3-1)47-40-20-10-9-19-39(40)46-45(47)30-24-22-29(23-25-30)43-34-15-4-6-17-36(34)44(37-18-7-5-16-35(37)43)31-26-27-42-38(28-31)33-14-8-11-21-41(33)48-42/h1-28H/i1D,2D,3D,12D,13D. The van der Waals surface area contributed by atoms with Crippen molar-refractivity contribution < 1.29 is 11.3 Å². The second kappa shape index (κ2) is 10.5. The van der Waals surface area contributed by atoms with E-state index in [2.05, 4.69) is 84.9 Å². The predicted molar refractivity (Wildman–Crippen MR) is 200 cm³/mol. The van der Waals surface area contributed by atoms with Gasteiger partial charge in [-0.05, 0) is 86.2 Å². The monoisotopic (exact) mass is 617 g/mol. The molecule has 0 radical (unpaired) electrons. The molecule has 0 atom stereocenters. The number of benzene rings is 8. The first-order chi connectivity index (χ1) is 25.9.